The van der Waals surface area contributed by atoms with Crippen molar-refractivity contribution in [2.75, 3.05) is 13.1 Å². The summed E-state index contributed by atoms with van der Waals surface area (Å²) in [4.78, 5) is 17.6. The van der Waals surface area contributed by atoms with E-state index in [2.05, 4.69) is 40.1 Å². The molecule has 4 nitrogen and oxygen atoms in total. The second kappa shape index (κ2) is 7.66. The van der Waals surface area contributed by atoms with E-state index in [-0.39, 0.29) is 17.9 Å². The molecular formula is C20H31N3O. The van der Waals surface area contributed by atoms with Crippen LogP contribution in [0.3, 0.4) is 0 Å². The van der Waals surface area contributed by atoms with Crippen LogP contribution < -0.4 is 5.73 Å². The lowest BCUT2D eigenvalue weighted by Gasteiger charge is -2.41. The molecule has 1 aliphatic carbocycles. The van der Waals surface area contributed by atoms with Gasteiger partial charge in [0.2, 0.25) is 5.91 Å². The fourth-order valence-electron chi connectivity index (χ4n) is 3.71. The zero-order valence-corrected chi connectivity index (χ0v) is 15.0. The van der Waals surface area contributed by atoms with Crippen molar-refractivity contribution in [1.29, 1.82) is 0 Å². The molecule has 132 valence electrons. The number of benzene rings is 1. The van der Waals surface area contributed by atoms with Crippen molar-refractivity contribution >= 4 is 5.91 Å². The van der Waals surface area contributed by atoms with Gasteiger partial charge < -0.3 is 10.6 Å². The van der Waals surface area contributed by atoms with Crippen molar-refractivity contribution in [1.82, 2.24) is 9.80 Å². The van der Waals surface area contributed by atoms with Crippen molar-refractivity contribution in [3.05, 3.63) is 35.9 Å². The molecule has 3 rings (SSSR count). The summed E-state index contributed by atoms with van der Waals surface area (Å²) in [6, 6.07) is 11.0. The normalized spacial score (nSPS) is 23.2. The Hall–Kier alpha value is -1.39. The Morgan fingerprint density at radius 3 is 2.54 bits per heavy atom. The van der Waals surface area contributed by atoms with Gasteiger partial charge in [-0.15, -0.1) is 0 Å². The summed E-state index contributed by atoms with van der Waals surface area (Å²) < 4.78 is 0. The highest BCUT2D eigenvalue weighted by Gasteiger charge is 2.40. The molecule has 0 bridgehead atoms. The first kappa shape index (κ1) is 17.4. The molecule has 1 aromatic carbocycles. The van der Waals surface area contributed by atoms with E-state index in [9.17, 15) is 4.79 Å². The summed E-state index contributed by atoms with van der Waals surface area (Å²) in [6.07, 6.45) is 4.56. The summed E-state index contributed by atoms with van der Waals surface area (Å²) in [6.45, 7) is 7.14. The number of likely N-dealkylation sites (tertiary alicyclic amines) is 1. The number of carbonyl (C=O) groups excluding carboxylic acids is 1. The van der Waals surface area contributed by atoms with Crippen molar-refractivity contribution in [3.63, 3.8) is 0 Å². The number of carbonyl (C=O) groups is 1. The standard InChI is InChI=1S/C20H31N3O/c1-15(2)19(21)20(24)23(17-10-11-17)18-9-6-12-22(14-18)13-16-7-4-3-5-8-16/h3-5,7-8,15,17-19H,6,9-14,21H2,1-2H3/t18-,19?/m0/s1. The number of amides is 1. The average molecular weight is 329 g/mol. The monoisotopic (exact) mass is 329 g/mol. The van der Waals surface area contributed by atoms with Gasteiger partial charge in [0.1, 0.15) is 0 Å². The molecule has 1 saturated carbocycles. The SMILES string of the molecule is CC(C)C(N)C(=O)N(C1CC1)[C@H]1CCCN(Cc2ccccc2)C1. The maximum atomic E-state index is 12.9. The van der Waals surface area contributed by atoms with Crippen LogP contribution in [0.1, 0.15) is 45.1 Å². The predicted octanol–water partition coefficient (Wildman–Crippen LogP) is 2.63. The molecule has 2 aliphatic rings. The van der Waals surface area contributed by atoms with Gasteiger partial charge in [0, 0.05) is 25.2 Å². The smallest absolute Gasteiger partial charge is 0.240 e. The molecule has 1 heterocycles. The third-order valence-corrected chi connectivity index (χ3v) is 5.32. The Labute approximate surface area is 146 Å². The quantitative estimate of drug-likeness (QED) is 0.873. The molecule has 4 heteroatoms. The number of hydrogen-bond acceptors (Lipinski definition) is 3. The van der Waals surface area contributed by atoms with E-state index in [0.717, 1.165) is 45.3 Å². The average Bonchev–Trinajstić information content (AvgIpc) is 3.40. The van der Waals surface area contributed by atoms with Gasteiger partial charge in [0.25, 0.3) is 0 Å². The van der Waals surface area contributed by atoms with E-state index >= 15 is 0 Å². The zero-order valence-electron chi connectivity index (χ0n) is 15.0. The number of nitrogens with two attached hydrogens (primary N) is 1. The van der Waals surface area contributed by atoms with Crippen LogP contribution >= 0.6 is 0 Å². The molecule has 2 N–H and O–H groups in total. The number of piperidine rings is 1. The molecule has 1 aromatic rings. The van der Waals surface area contributed by atoms with E-state index in [0.29, 0.717) is 12.1 Å². The lowest BCUT2D eigenvalue weighted by molar-refractivity contribution is -0.138. The van der Waals surface area contributed by atoms with Gasteiger partial charge in [-0.1, -0.05) is 44.2 Å². The van der Waals surface area contributed by atoms with Gasteiger partial charge in [-0.05, 0) is 43.7 Å². The van der Waals surface area contributed by atoms with E-state index in [1.807, 2.05) is 13.8 Å². The highest BCUT2D eigenvalue weighted by Crippen LogP contribution is 2.32. The van der Waals surface area contributed by atoms with E-state index in [1.54, 1.807) is 0 Å². The van der Waals surface area contributed by atoms with Crippen LogP contribution in [0.4, 0.5) is 0 Å². The van der Waals surface area contributed by atoms with Gasteiger partial charge in [0.15, 0.2) is 0 Å². The molecule has 1 unspecified atom stereocenters. The highest BCUT2D eigenvalue weighted by atomic mass is 16.2. The van der Waals surface area contributed by atoms with Crippen LogP contribution in [0, 0.1) is 5.92 Å². The third-order valence-electron chi connectivity index (χ3n) is 5.32. The summed E-state index contributed by atoms with van der Waals surface area (Å²) in [5.74, 6) is 0.363. The summed E-state index contributed by atoms with van der Waals surface area (Å²) >= 11 is 0. The minimum atomic E-state index is -0.366. The minimum absolute atomic E-state index is 0.166. The first-order chi connectivity index (χ1) is 11.6. The Morgan fingerprint density at radius 1 is 1.21 bits per heavy atom. The van der Waals surface area contributed by atoms with Crippen LogP contribution in [-0.2, 0) is 11.3 Å². The summed E-state index contributed by atoms with van der Waals surface area (Å²) in [5.41, 5.74) is 7.54. The maximum absolute atomic E-state index is 12.9. The Morgan fingerprint density at radius 2 is 1.92 bits per heavy atom. The van der Waals surface area contributed by atoms with E-state index < -0.39 is 0 Å². The Balaban J connectivity index is 1.66. The second-order valence-corrected chi connectivity index (χ2v) is 7.76. The third kappa shape index (κ3) is 4.17. The fourth-order valence-corrected chi connectivity index (χ4v) is 3.71. The number of rotatable bonds is 6. The number of nitrogens with zero attached hydrogens (tertiary/aromatic N) is 2. The molecule has 1 aliphatic heterocycles. The Kier molecular flexibility index (Phi) is 5.57. The van der Waals surface area contributed by atoms with Crippen LogP contribution in [0.5, 0.6) is 0 Å². The van der Waals surface area contributed by atoms with Crippen LogP contribution in [-0.4, -0.2) is 46.9 Å². The van der Waals surface area contributed by atoms with Gasteiger partial charge in [0.05, 0.1) is 6.04 Å². The van der Waals surface area contributed by atoms with Gasteiger partial charge in [-0.3, -0.25) is 9.69 Å². The molecule has 24 heavy (non-hydrogen) atoms. The largest absolute Gasteiger partial charge is 0.334 e. The molecule has 1 amide bonds. The van der Waals surface area contributed by atoms with E-state index in [4.69, 9.17) is 5.73 Å². The van der Waals surface area contributed by atoms with Crippen molar-refractivity contribution in [3.8, 4) is 0 Å². The lowest BCUT2D eigenvalue weighted by atomic mass is 9.99. The summed E-state index contributed by atoms with van der Waals surface area (Å²) in [7, 11) is 0. The molecule has 0 spiro atoms. The minimum Gasteiger partial charge on any atom is -0.334 e. The molecular weight excluding hydrogens is 298 g/mol. The topological polar surface area (TPSA) is 49.6 Å². The Bertz CT molecular complexity index is 541. The molecule has 1 saturated heterocycles. The van der Waals surface area contributed by atoms with Gasteiger partial charge >= 0.3 is 0 Å². The fraction of sp³-hybridized carbons (Fsp3) is 0.650. The maximum Gasteiger partial charge on any atom is 0.240 e. The van der Waals surface area contributed by atoms with Gasteiger partial charge in [-0.2, -0.15) is 0 Å². The molecule has 0 aromatic heterocycles. The van der Waals surface area contributed by atoms with Crippen molar-refractivity contribution < 1.29 is 4.79 Å². The first-order valence-electron chi connectivity index (χ1n) is 9.40. The lowest BCUT2D eigenvalue weighted by Crippen LogP contribution is -2.56. The second-order valence-electron chi connectivity index (χ2n) is 7.76. The van der Waals surface area contributed by atoms with Crippen molar-refractivity contribution in [2.45, 2.75) is 64.2 Å². The highest BCUT2D eigenvalue weighted by molar-refractivity contribution is 5.82. The van der Waals surface area contributed by atoms with Crippen LogP contribution in [0.2, 0.25) is 0 Å². The van der Waals surface area contributed by atoms with Crippen LogP contribution in [0.15, 0.2) is 30.3 Å². The van der Waals surface area contributed by atoms with Crippen molar-refractivity contribution in [2.24, 2.45) is 11.7 Å². The zero-order chi connectivity index (χ0) is 17.1. The molecule has 0 radical (unpaired) electrons. The first-order valence-corrected chi connectivity index (χ1v) is 9.40. The van der Waals surface area contributed by atoms with Crippen LogP contribution in [0.25, 0.3) is 0 Å². The molecule has 2 fully saturated rings. The predicted molar refractivity (Wildman–Crippen MR) is 97.4 cm³/mol. The van der Waals surface area contributed by atoms with E-state index in [1.165, 1.54) is 5.56 Å². The number of hydrogen-bond donors (Lipinski definition) is 1. The summed E-state index contributed by atoms with van der Waals surface area (Å²) in [5, 5.41) is 0. The molecule has 2 atom stereocenters. The van der Waals surface area contributed by atoms with Gasteiger partial charge in [-0.25, -0.2) is 0 Å².